The molecule has 0 aromatic carbocycles. The van der Waals surface area contributed by atoms with Crippen LogP contribution in [0.25, 0.3) is 0 Å². The van der Waals surface area contributed by atoms with Gasteiger partial charge in [-0.05, 0) is 20.0 Å². The Balaban J connectivity index is 2.46. The number of hydrogen-bond donors (Lipinski definition) is 1. The fraction of sp³-hybridized carbons (Fsp3) is 1.00. The first-order chi connectivity index (χ1) is 7.96. The number of ether oxygens (including phenoxy) is 1. The highest BCUT2D eigenvalue weighted by Gasteiger charge is 2.32. The third-order valence-corrected chi connectivity index (χ3v) is 3.21. The van der Waals surface area contributed by atoms with Crippen LogP contribution < -0.4 is 5.32 Å². The van der Waals surface area contributed by atoms with Crippen molar-refractivity contribution in [2.24, 2.45) is 5.92 Å². The number of likely N-dealkylation sites (N-methyl/N-ethyl adjacent to an activating group) is 2. The molecule has 1 saturated heterocycles. The maximum Gasteiger partial charge on any atom is 0.401 e. The number of halogens is 3. The SMILES string of the molecule is CCN(CC(NC)C1CCOC1)CC(F)(F)F. The minimum atomic E-state index is -4.12. The lowest BCUT2D eigenvalue weighted by atomic mass is 9.98. The summed E-state index contributed by atoms with van der Waals surface area (Å²) in [5.41, 5.74) is 0. The van der Waals surface area contributed by atoms with Gasteiger partial charge in [-0.25, -0.2) is 0 Å². The third-order valence-electron chi connectivity index (χ3n) is 3.21. The van der Waals surface area contributed by atoms with Crippen LogP contribution in [0.4, 0.5) is 13.2 Å². The quantitative estimate of drug-likeness (QED) is 0.777. The third kappa shape index (κ3) is 5.23. The smallest absolute Gasteiger partial charge is 0.381 e. The van der Waals surface area contributed by atoms with Gasteiger partial charge in [-0.1, -0.05) is 6.92 Å². The predicted octanol–water partition coefficient (Wildman–Crippen LogP) is 1.50. The van der Waals surface area contributed by atoms with E-state index in [1.165, 1.54) is 4.90 Å². The number of nitrogens with one attached hydrogen (secondary N) is 1. The molecule has 1 N–H and O–H groups in total. The maximum atomic E-state index is 12.3. The molecule has 0 radical (unpaired) electrons. The molecule has 2 unspecified atom stereocenters. The highest BCUT2D eigenvalue weighted by atomic mass is 19.4. The number of rotatable bonds is 6. The van der Waals surface area contributed by atoms with Gasteiger partial charge in [0.1, 0.15) is 0 Å². The van der Waals surface area contributed by atoms with Crippen LogP contribution in [0, 0.1) is 5.92 Å². The fourth-order valence-electron chi connectivity index (χ4n) is 2.18. The van der Waals surface area contributed by atoms with Gasteiger partial charge in [0, 0.05) is 25.1 Å². The molecule has 1 rings (SSSR count). The molecule has 1 fully saturated rings. The summed E-state index contributed by atoms with van der Waals surface area (Å²) in [5.74, 6) is 0.322. The van der Waals surface area contributed by atoms with Gasteiger partial charge in [-0.3, -0.25) is 4.90 Å². The monoisotopic (exact) mass is 254 g/mol. The molecule has 1 aliphatic rings. The predicted molar refractivity (Wildman–Crippen MR) is 59.9 cm³/mol. The van der Waals surface area contributed by atoms with Crippen molar-refractivity contribution in [3.05, 3.63) is 0 Å². The van der Waals surface area contributed by atoms with E-state index in [2.05, 4.69) is 5.32 Å². The van der Waals surface area contributed by atoms with Gasteiger partial charge in [-0.15, -0.1) is 0 Å². The van der Waals surface area contributed by atoms with Crippen LogP contribution >= 0.6 is 0 Å². The molecule has 0 aromatic rings. The Bertz CT molecular complexity index is 217. The molecule has 6 heteroatoms. The molecule has 0 aliphatic carbocycles. The zero-order chi connectivity index (χ0) is 12.9. The summed E-state index contributed by atoms with van der Waals surface area (Å²) >= 11 is 0. The minimum Gasteiger partial charge on any atom is -0.381 e. The van der Waals surface area contributed by atoms with Crippen molar-refractivity contribution in [2.75, 3.05) is 39.9 Å². The van der Waals surface area contributed by atoms with Crippen molar-refractivity contribution < 1.29 is 17.9 Å². The number of nitrogens with zero attached hydrogens (tertiary/aromatic N) is 1. The van der Waals surface area contributed by atoms with Crippen LogP contribution in [0.3, 0.4) is 0 Å². The summed E-state index contributed by atoms with van der Waals surface area (Å²) in [4.78, 5) is 1.43. The minimum absolute atomic E-state index is 0.0693. The second-order valence-electron chi connectivity index (χ2n) is 4.46. The standard InChI is InChI=1S/C11H21F3N2O/c1-3-16(8-11(12,13)14)6-10(15-2)9-4-5-17-7-9/h9-10,15H,3-8H2,1-2H3. The van der Waals surface area contributed by atoms with E-state index < -0.39 is 12.7 Å². The first-order valence-electron chi connectivity index (χ1n) is 6.00. The molecule has 1 heterocycles. The zero-order valence-electron chi connectivity index (χ0n) is 10.4. The van der Waals surface area contributed by atoms with E-state index in [0.717, 1.165) is 6.42 Å². The lowest BCUT2D eigenvalue weighted by Gasteiger charge is -2.29. The van der Waals surface area contributed by atoms with Crippen LogP contribution in [0.1, 0.15) is 13.3 Å². The highest BCUT2D eigenvalue weighted by molar-refractivity contribution is 4.81. The van der Waals surface area contributed by atoms with E-state index in [1.54, 1.807) is 14.0 Å². The lowest BCUT2D eigenvalue weighted by molar-refractivity contribution is -0.146. The van der Waals surface area contributed by atoms with Gasteiger partial charge >= 0.3 is 6.18 Å². The van der Waals surface area contributed by atoms with E-state index in [4.69, 9.17) is 4.74 Å². The Morgan fingerprint density at radius 2 is 2.18 bits per heavy atom. The van der Waals surface area contributed by atoms with Crippen molar-refractivity contribution in [1.82, 2.24) is 10.2 Å². The molecule has 2 atom stereocenters. The summed E-state index contributed by atoms with van der Waals surface area (Å²) in [6.07, 6.45) is -3.20. The van der Waals surface area contributed by atoms with Crippen molar-refractivity contribution in [1.29, 1.82) is 0 Å². The average Bonchev–Trinajstić information content (AvgIpc) is 2.75. The van der Waals surface area contributed by atoms with Crippen LogP contribution in [0.5, 0.6) is 0 Å². The molecular formula is C11H21F3N2O. The molecule has 102 valence electrons. The molecule has 0 saturated carbocycles. The van der Waals surface area contributed by atoms with Crippen molar-refractivity contribution in [3.63, 3.8) is 0 Å². The van der Waals surface area contributed by atoms with Crippen LogP contribution in [-0.2, 0) is 4.74 Å². The Hall–Kier alpha value is -0.330. The number of alkyl halides is 3. The summed E-state index contributed by atoms with van der Waals surface area (Å²) < 4.78 is 42.3. The summed E-state index contributed by atoms with van der Waals surface area (Å²) in [7, 11) is 1.80. The second-order valence-corrected chi connectivity index (χ2v) is 4.46. The van der Waals surface area contributed by atoms with Gasteiger partial charge in [0.15, 0.2) is 0 Å². The molecule has 0 aromatic heterocycles. The van der Waals surface area contributed by atoms with Gasteiger partial charge in [0.25, 0.3) is 0 Å². The fourth-order valence-corrected chi connectivity index (χ4v) is 2.18. The van der Waals surface area contributed by atoms with E-state index in [1.807, 2.05) is 0 Å². The van der Waals surface area contributed by atoms with E-state index in [9.17, 15) is 13.2 Å². The topological polar surface area (TPSA) is 24.5 Å². The Morgan fingerprint density at radius 1 is 1.47 bits per heavy atom. The maximum absolute atomic E-state index is 12.3. The molecule has 0 amide bonds. The Labute approximate surface area is 100 Å². The van der Waals surface area contributed by atoms with Gasteiger partial charge in [0.05, 0.1) is 13.2 Å². The molecule has 1 aliphatic heterocycles. The second kappa shape index (κ2) is 6.56. The Kier molecular flexibility index (Phi) is 5.69. The first-order valence-corrected chi connectivity index (χ1v) is 6.00. The lowest BCUT2D eigenvalue weighted by Crippen LogP contribution is -2.47. The molecule has 0 spiro atoms. The first kappa shape index (κ1) is 14.7. The van der Waals surface area contributed by atoms with E-state index >= 15 is 0 Å². The molecule has 17 heavy (non-hydrogen) atoms. The van der Waals surface area contributed by atoms with Crippen molar-refractivity contribution >= 4 is 0 Å². The van der Waals surface area contributed by atoms with Crippen LogP contribution in [0.2, 0.25) is 0 Å². The summed E-state index contributed by atoms with van der Waals surface area (Å²) in [5, 5.41) is 3.11. The van der Waals surface area contributed by atoms with Crippen molar-refractivity contribution in [3.8, 4) is 0 Å². The highest BCUT2D eigenvalue weighted by Crippen LogP contribution is 2.20. The van der Waals surface area contributed by atoms with Crippen molar-refractivity contribution in [2.45, 2.75) is 25.6 Å². The number of hydrogen-bond acceptors (Lipinski definition) is 3. The van der Waals surface area contributed by atoms with Gasteiger partial charge < -0.3 is 10.1 Å². The molecule has 3 nitrogen and oxygen atoms in total. The van der Waals surface area contributed by atoms with Crippen LogP contribution in [-0.4, -0.2) is 57.0 Å². The van der Waals surface area contributed by atoms with Crippen LogP contribution in [0.15, 0.2) is 0 Å². The van der Waals surface area contributed by atoms with E-state index in [-0.39, 0.29) is 6.04 Å². The van der Waals surface area contributed by atoms with E-state index in [0.29, 0.717) is 32.2 Å². The molecular weight excluding hydrogens is 233 g/mol. The van der Waals surface area contributed by atoms with Gasteiger partial charge in [0.2, 0.25) is 0 Å². The molecule has 0 bridgehead atoms. The zero-order valence-corrected chi connectivity index (χ0v) is 10.4. The normalized spacial score (nSPS) is 23.3. The largest absolute Gasteiger partial charge is 0.401 e. The Morgan fingerprint density at radius 3 is 2.59 bits per heavy atom. The summed E-state index contributed by atoms with van der Waals surface area (Å²) in [6, 6.07) is 0.0693. The average molecular weight is 254 g/mol. The summed E-state index contributed by atoms with van der Waals surface area (Å²) in [6.45, 7) is 3.11. The van der Waals surface area contributed by atoms with Gasteiger partial charge in [-0.2, -0.15) is 13.2 Å².